The van der Waals surface area contributed by atoms with Gasteiger partial charge in [-0.3, -0.25) is 9.69 Å². The van der Waals surface area contributed by atoms with E-state index in [9.17, 15) is 14.4 Å². The van der Waals surface area contributed by atoms with E-state index in [-0.39, 0.29) is 30.3 Å². The highest BCUT2D eigenvalue weighted by atomic mass is 16.5. The van der Waals surface area contributed by atoms with E-state index < -0.39 is 17.6 Å². The molecular weight excluding hydrogens is 324 g/mol. The van der Waals surface area contributed by atoms with Gasteiger partial charge in [-0.05, 0) is 31.6 Å². The smallest absolute Gasteiger partial charge is 0.337 e. The number of amides is 3. The lowest BCUT2D eigenvalue weighted by Gasteiger charge is -2.42. The fourth-order valence-electron chi connectivity index (χ4n) is 4.51. The summed E-state index contributed by atoms with van der Waals surface area (Å²) in [5, 5.41) is 2.98. The summed E-state index contributed by atoms with van der Waals surface area (Å²) in [6.45, 7) is 5.91. The Morgan fingerprint density at radius 2 is 1.96 bits per heavy atom. The third kappa shape index (κ3) is 2.69. The van der Waals surface area contributed by atoms with Crippen LogP contribution in [-0.4, -0.2) is 48.1 Å². The Kier molecular flexibility index (Phi) is 4.51. The summed E-state index contributed by atoms with van der Waals surface area (Å²) in [7, 11) is 1.32. The Labute approximate surface area is 147 Å². The molecule has 3 rings (SSSR count). The molecule has 7 nitrogen and oxygen atoms in total. The maximum Gasteiger partial charge on any atom is 0.337 e. The molecule has 138 valence electrons. The van der Waals surface area contributed by atoms with Crippen molar-refractivity contribution < 1.29 is 23.9 Å². The van der Waals surface area contributed by atoms with Crippen molar-refractivity contribution in [2.75, 3.05) is 13.7 Å². The van der Waals surface area contributed by atoms with Crippen molar-refractivity contribution in [2.24, 2.45) is 11.8 Å². The van der Waals surface area contributed by atoms with E-state index in [1.165, 1.54) is 12.0 Å². The first kappa shape index (κ1) is 17.8. The van der Waals surface area contributed by atoms with Gasteiger partial charge >= 0.3 is 12.0 Å². The molecule has 3 aliphatic rings. The minimum absolute atomic E-state index is 0.104. The number of urea groups is 1. The first-order valence-electron chi connectivity index (χ1n) is 8.90. The molecule has 1 aliphatic carbocycles. The number of allylic oxidation sites excluding steroid dienone is 1. The van der Waals surface area contributed by atoms with Crippen LogP contribution in [-0.2, 0) is 19.1 Å². The van der Waals surface area contributed by atoms with Crippen LogP contribution >= 0.6 is 0 Å². The molecule has 1 saturated carbocycles. The second-order valence-electron chi connectivity index (χ2n) is 7.42. The molecule has 2 fully saturated rings. The van der Waals surface area contributed by atoms with Crippen LogP contribution in [0.4, 0.5) is 4.79 Å². The van der Waals surface area contributed by atoms with E-state index in [4.69, 9.17) is 9.47 Å². The highest BCUT2D eigenvalue weighted by Crippen LogP contribution is 2.42. The maximum absolute atomic E-state index is 13.1. The lowest BCUT2D eigenvalue weighted by atomic mass is 9.67. The summed E-state index contributed by atoms with van der Waals surface area (Å²) in [5.41, 5.74) is -0.338. The van der Waals surface area contributed by atoms with Crippen LogP contribution in [0.5, 0.6) is 0 Å². The second kappa shape index (κ2) is 6.35. The zero-order valence-electron chi connectivity index (χ0n) is 15.3. The zero-order chi connectivity index (χ0) is 18.4. The minimum atomic E-state index is -0.804. The molecule has 3 atom stereocenters. The van der Waals surface area contributed by atoms with Crippen LogP contribution in [0.3, 0.4) is 0 Å². The van der Waals surface area contributed by atoms with Crippen LogP contribution in [0.25, 0.3) is 0 Å². The highest BCUT2D eigenvalue weighted by Gasteiger charge is 2.58. The predicted molar refractivity (Wildman–Crippen MR) is 89.4 cm³/mol. The number of carbonyl (C=O) groups is 3. The van der Waals surface area contributed by atoms with Gasteiger partial charge in [-0.2, -0.15) is 0 Å². The normalized spacial score (nSPS) is 35.2. The van der Waals surface area contributed by atoms with Gasteiger partial charge in [0, 0.05) is 6.42 Å². The van der Waals surface area contributed by atoms with Gasteiger partial charge in [0.25, 0.3) is 5.91 Å². The summed E-state index contributed by atoms with van der Waals surface area (Å²) >= 11 is 0. The Balaban J connectivity index is 1.74. The largest absolute Gasteiger partial charge is 0.492 e. The van der Waals surface area contributed by atoms with Gasteiger partial charge in [-0.1, -0.05) is 20.3 Å². The number of methoxy groups -OCH3 is 1. The number of rotatable bonds is 3. The quantitative estimate of drug-likeness (QED) is 0.621. The number of carbonyl (C=O) groups excluding carboxylic acids is 3. The molecule has 0 aromatic heterocycles. The van der Waals surface area contributed by atoms with Crippen molar-refractivity contribution in [1.29, 1.82) is 0 Å². The second-order valence-corrected chi connectivity index (χ2v) is 7.42. The average Bonchev–Trinajstić information content (AvgIpc) is 3.05. The number of nitrogens with one attached hydrogen (secondary N) is 1. The molecule has 1 spiro atoms. The Bertz CT molecular complexity index is 631. The topological polar surface area (TPSA) is 84.9 Å². The molecule has 7 heteroatoms. The maximum atomic E-state index is 13.1. The molecule has 0 bridgehead atoms. The lowest BCUT2D eigenvalue weighted by molar-refractivity contribution is -0.137. The van der Waals surface area contributed by atoms with Crippen molar-refractivity contribution in [3.8, 4) is 0 Å². The number of hydrogen-bond donors (Lipinski definition) is 1. The van der Waals surface area contributed by atoms with Gasteiger partial charge in [0.2, 0.25) is 0 Å². The molecule has 0 aromatic carbocycles. The van der Waals surface area contributed by atoms with E-state index in [0.717, 1.165) is 19.3 Å². The molecule has 3 unspecified atom stereocenters. The van der Waals surface area contributed by atoms with Crippen molar-refractivity contribution in [2.45, 2.75) is 58.1 Å². The third-order valence-corrected chi connectivity index (χ3v) is 6.01. The van der Waals surface area contributed by atoms with E-state index in [2.05, 4.69) is 5.32 Å². The molecule has 25 heavy (non-hydrogen) atoms. The summed E-state index contributed by atoms with van der Waals surface area (Å²) in [5.74, 6) is 0.117. The van der Waals surface area contributed by atoms with Gasteiger partial charge in [0.15, 0.2) is 0 Å². The van der Waals surface area contributed by atoms with E-state index in [1.54, 1.807) is 6.92 Å². The highest BCUT2D eigenvalue weighted by molar-refractivity contribution is 6.07. The fourth-order valence-corrected chi connectivity index (χ4v) is 4.51. The van der Waals surface area contributed by atoms with Crippen molar-refractivity contribution in [3.05, 3.63) is 11.3 Å². The van der Waals surface area contributed by atoms with Crippen LogP contribution in [0.2, 0.25) is 0 Å². The van der Waals surface area contributed by atoms with Gasteiger partial charge in [-0.15, -0.1) is 0 Å². The SMILES string of the molecule is COC(=O)C1=C(C)OC(CN2C(=O)NC3(C2=O)C(C)CCCC3C)C1. The molecule has 1 saturated heterocycles. The summed E-state index contributed by atoms with van der Waals surface area (Å²) in [4.78, 5) is 38.7. The average molecular weight is 350 g/mol. The summed E-state index contributed by atoms with van der Waals surface area (Å²) < 4.78 is 10.4. The van der Waals surface area contributed by atoms with E-state index in [1.807, 2.05) is 13.8 Å². The summed E-state index contributed by atoms with van der Waals surface area (Å²) in [6.07, 6.45) is 2.86. The van der Waals surface area contributed by atoms with Crippen molar-refractivity contribution in [3.63, 3.8) is 0 Å². The molecule has 0 aromatic rings. The fraction of sp³-hybridized carbons (Fsp3) is 0.722. The lowest BCUT2D eigenvalue weighted by Crippen LogP contribution is -2.59. The summed E-state index contributed by atoms with van der Waals surface area (Å²) in [6, 6.07) is -0.363. The number of esters is 1. The number of ether oxygens (including phenoxy) is 2. The monoisotopic (exact) mass is 350 g/mol. The van der Waals surface area contributed by atoms with Crippen molar-refractivity contribution >= 4 is 17.9 Å². The van der Waals surface area contributed by atoms with Gasteiger partial charge in [0.05, 0.1) is 19.2 Å². The molecular formula is C18H26N2O5. The van der Waals surface area contributed by atoms with Crippen LogP contribution in [0.15, 0.2) is 11.3 Å². The standard InChI is InChI=1S/C18H26N2O5/c1-10-6-5-7-11(2)18(10)16(22)20(17(23)19-18)9-13-8-14(12(3)25-13)15(21)24-4/h10-11,13H,5-9H2,1-4H3,(H,19,23). The molecule has 2 aliphatic heterocycles. The van der Waals surface area contributed by atoms with E-state index in [0.29, 0.717) is 17.8 Å². The number of imide groups is 1. The third-order valence-electron chi connectivity index (χ3n) is 6.01. The Morgan fingerprint density at radius 1 is 1.32 bits per heavy atom. The zero-order valence-corrected chi connectivity index (χ0v) is 15.3. The predicted octanol–water partition coefficient (Wildman–Crippen LogP) is 1.97. The van der Waals surface area contributed by atoms with Gasteiger partial charge in [-0.25, -0.2) is 9.59 Å². The van der Waals surface area contributed by atoms with Crippen LogP contribution < -0.4 is 5.32 Å². The number of hydrogen-bond acceptors (Lipinski definition) is 5. The Hall–Kier alpha value is -2.05. The molecule has 3 amide bonds. The molecule has 2 heterocycles. The molecule has 0 radical (unpaired) electrons. The van der Waals surface area contributed by atoms with E-state index >= 15 is 0 Å². The van der Waals surface area contributed by atoms with Gasteiger partial charge in [0.1, 0.15) is 17.4 Å². The number of nitrogens with zero attached hydrogens (tertiary/aromatic N) is 1. The van der Waals surface area contributed by atoms with Crippen molar-refractivity contribution in [1.82, 2.24) is 10.2 Å². The van der Waals surface area contributed by atoms with Gasteiger partial charge < -0.3 is 14.8 Å². The first-order valence-corrected chi connectivity index (χ1v) is 8.90. The first-order chi connectivity index (χ1) is 11.8. The minimum Gasteiger partial charge on any atom is -0.492 e. The Morgan fingerprint density at radius 3 is 2.56 bits per heavy atom. The molecule has 1 N–H and O–H groups in total. The van der Waals surface area contributed by atoms with Crippen LogP contribution in [0, 0.1) is 11.8 Å². The van der Waals surface area contributed by atoms with Crippen LogP contribution in [0.1, 0.15) is 46.5 Å².